The molecule has 3 aromatic rings. The van der Waals surface area contributed by atoms with Crippen LogP contribution in [0.5, 0.6) is 0 Å². The minimum atomic E-state index is -0.396. The van der Waals surface area contributed by atoms with Gasteiger partial charge < -0.3 is 0 Å². The van der Waals surface area contributed by atoms with Crippen molar-refractivity contribution in [3.05, 3.63) is 112 Å². The maximum Gasteiger partial charge on any atom is 0.270 e. The van der Waals surface area contributed by atoms with Gasteiger partial charge in [0.05, 0.1) is 4.92 Å². The minimum absolute atomic E-state index is 0.130. The van der Waals surface area contributed by atoms with E-state index in [1.54, 1.807) is 12.1 Å². The number of benzene rings is 3. The average molecular weight is 357 g/mol. The number of nitrogens with zero attached hydrogens (tertiary/aromatic N) is 1. The zero-order valence-corrected chi connectivity index (χ0v) is 15.6. The fourth-order valence-corrected chi connectivity index (χ4v) is 2.54. The first-order chi connectivity index (χ1) is 13.1. The summed E-state index contributed by atoms with van der Waals surface area (Å²) in [5, 5.41) is 10.3. The third kappa shape index (κ3) is 6.40. The van der Waals surface area contributed by atoms with Crippen molar-refractivity contribution < 1.29 is 4.92 Å². The van der Waals surface area contributed by atoms with Crippen molar-refractivity contribution in [1.82, 2.24) is 0 Å². The van der Waals surface area contributed by atoms with E-state index in [-0.39, 0.29) is 5.69 Å². The fraction of sp³-hybridized carbons (Fsp3) is 0.0833. The third-order valence-corrected chi connectivity index (χ3v) is 3.82. The van der Waals surface area contributed by atoms with Crippen LogP contribution in [0, 0.1) is 10.1 Å². The highest BCUT2D eigenvalue weighted by atomic mass is 16.6. The maximum atomic E-state index is 10.3. The summed E-state index contributed by atoms with van der Waals surface area (Å²) in [4.78, 5) is 9.94. The molecule has 0 aliphatic heterocycles. The Morgan fingerprint density at radius 1 is 0.704 bits per heavy atom. The van der Waals surface area contributed by atoms with Crippen molar-refractivity contribution >= 4 is 17.8 Å². The van der Waals surface area contributed by atoms with E-state index in [0.717, 1.165) is 5.56 Å². The topological polar surface area (TPSA) is 43.1 Å². The van der Waals surface area contributed by atoms with Crippen LogP contribution in [-0.4, -0.2) is 4.92 Å². The zero-order valence-electron chi connectivity index (χ0n) is 15.6. The lowest BCUT2D eigenvalue weighted by molar-refractivity contribution is -0.384. The molecular weight excluding hydrogens is 334 g/mol. The molecule has 3 rings (SSSR count). The Morgan fingerprint density at radius 3 is 1.89 bits per heavy atom. The van der Waals surface area contributed by atoms with Gasteiger partial charge in [-0.1, -0.05) is 91.0 Å². The second kappa shape index (κ2) is 10.5. The van der Waals surface area contributed by atoms with Crippen LogP contribution in [0.25, 0.3) is 23.3 Å². The van der Waals surface area contributed by atoms with Gasteiger partial charge in [-0.2, -0.15) is 0 Å². The van der Waals surface area contributed by atoms with Gasteiger partial charge in [0.15, 0.2) is 0 Å². The Morgan fingerprint density at radius 2 is 1.30 bits per heavy atom. The molecule has 0 saturated heterocycles. The minimum Gasteiger partial charge on any atom is -0.258 e. The molecule has 0 spiro atoms. The summed E-state index contributed by atoms with van der Waals surface area (Å²) in [6.45, 7) is 3.91. The normalized spacial score (nSPS) is 10.6. The first-order valence-corrected chi connectivity index (χ1v) is 8.79. The van der Waals surface area contributed by atoms with Crippen LogP contribution in [0.3, 0.4) is 0 Å². The molecule has 3 aromatic carbocycles. The average Bonchev–Trinajstić information content (AvgIpc) is 2.70. The predicted octanol–water partition coefficient (Wildman–Crippen LogP) is 7.01. The van der Waals surface area contributed by atoms with Crippen molar-refractivity contribution in [3.63, 3.8) is 0 Å². The Bertz CT molecular complexity index is 911. The van der Waals surface area contributed by atoms with Crippen molar-refractivity contribution in [2.45, 2.75) is 13.8 Å². The van der Waals surface area contributed by atoms with Crippen LogP contribution >= 0.6 is 0 Å². The summed E-state index contributed by atoms with van der Waals surface area (Å²) >= 11 is 0. The Labute approximate surface area is 160 Å². The fourth-order valence-electron chi connectivity index (χ4n) is 2.54. The lowest BCUT2D eigenvalue weighted by atomic mass is 10.0. The van der Waals surface area contributed by atoms with E-state index in [0.29, 0.717) is 0 Å². The highest BCUT2D eigenvalue weighted by Crippen LogP contribution is 2.19. The van der Waals surface area contributed by atoms with E-state index in [2.05, 4.69) is 60.7 Å². The molecule has 0 aliphatic rings. The van der Waals surface area contributed by atoms with E-state index >= 15 is 0 Å². The summed E-state index contributed by atoms with van der Waals surface area (Å²) < 4.78 is 0. The molecule has 0 saturated carbocycles. The Kier molecular flexibility index (Phi) is 7.73. The van der Waals surface area contributed by atoms with E-state index in [9.17, 15) is 10.1 Å². The molecule has 0 atom stereocenters. The van der Waals surface area contributed by atoms with Crippen molar-refractivity contribution in [3.8, 4) is 11.1 Å². The van der Waals surface area contributed by atoms with Gasteiger partial charge in [-0.3, -0.25) is 10.1 Å². The first-order valence-electron chi connectivity index (χ1n) is 8.79. The standard InChI is InChI=1S/C15H14.C9H9NO2/c1-2-6-13-9-11-15(12-10-13)14-7-4-3-5-8-14;1-2-4-8-5-3-6-9(7-8)10(11)12/h2-12H,1H3;2-7H,1H3/b6-2+;4-2+. The molecule has 136 valence electrons. The molecule has 0 aromatic heterocycles. The van der Waals surface area contributed by atoms with Gasteiger partial charge in [0.2, 0.25) is 0 Å². The van der Waals surface area contributed by atoms with Crippen LogP contribution in [-0.2, 0) is 0 Å². The van der Waals surface area contributed by atoms with Gasteiger partial charge in [0, 0.05) is 12.1 Å². The molecule has 3 nitrogen and oxygen atoms in total. The largest absolute Gasteiger partial charge is 0.270 e. The SMILES string of the molecule is C/C=C/c1ccc(-c2ccccc2)cc1.C/C=C/c1cccc([N+](=O)[O-])c1. The third-order valence-electron chi connectivity index (χ3n) is 3.82. The van der Waals surface area contributed by atoms with Crippen LogP contribution in [0.2, 0.25) is 0 Å². The van der Waals surface area contributed by atoms with Crippen LogP contribution in [0.4, 0.5) is 5.69 Å². The molecule has 0 unspecified atom stereocenters. The number of non-ortho nitro benzene ring substituents is 1. The van der Waals surface area contributed by atoms with E-state index < -0.39 is 4.92 Å². The molecular formula is C24H23NO2. The summed E-state index contributed by atoms with van der Waals surface area (Å²) in [7, 11) is 0. The first kappa shape index (κ1) is 19.9. The summed E-state index contributed by atoms with van der Waals surface area (Å²) in [6, 6.07) is 25.5. The van der Waals surface area contributed by atoms with Gasteiger partial charge in [-0.05, 0) is 36.1 Å². The van der Waals surface area contributed by atoms with Crippen molar-refractivity contribution in [2.75, 3.05) is 0 Å². The smallest absolute Gasteiger partial charge is 0.258 e. The highest BCUT2D eigenvalue weighted by Gasteiger charge is 2.02. The van der Waals surface area contributed by atoms with Gasteiger partial charge in [0.1, 0.15) is 0 Å². The Hall–Kier alpha value is -3.46. The number of hydrogen-bond acceptors (Lipinski definition) is 2. The molecule has 0 heterocycles. The number of rotatable bonds is 4. The molecule has 0 aliphatic carbocycles. The molecule has 0 amide bonds. The number of hydrogen-bond donors (Lipinski definition) is 0. The second-order valence-corrected chi connectivity index (χ2v) is 5.84. The summed E-state index contributed by atoms with van der Waals surface area (Å²) in [5.41, 5.74) is 4.77. The molecule has 0 radical (unpaired) electrons. The lowest BCUT2D eigenvalue weighted by Gasteiger charge is -2.01. The van der Waals surface area contributed by atoms with E-state index in [4.69, 9.17) is 0 Å². The quantitative estimate of drug-likeness (QED) is 0.372. The van der Waals surface area contributed by atoms with E-state index in [1.807, 2.05) is 38.1 Å². The monoisotopic (exact) mass is 357 g/mol. The van der Waals surface area contributed by atoms with Gasteiger partial charge in [0.25, 0.3) is 5.69 Å². The van der Waals surface area contributed by atoms with Crippen molar-refractivity contribution in [1.29, 1.82) is 0 Å². The van der Waals surface area contributed by atoms with Crippen LogP contribution < -0.4 is 0 Å². The summed E-state index contributed by atoms with van der Waals surface area (Å²) in [6.07, 6.45) is 7.83. The molecule has 0 bridgehead atoms. The van der Waals surface area contributed by atoms with Crippen LogP contribution in [0.1, 0.15) is 25.0 Å². The molecule has 0 fully saturated rings. The Balaban J connectivity index is 0.000000199. The predicted molar refractivity (Wildman–Crippen MR) is 114 cm³/mol. The number of nitro benzene ring substituents is 1. The van der Waals surface area contributed by atoms with Gasteiger partial charge in [-0.15, -0.1) is 0 Å². The van der Waals surface area contributed by atoms with E-state index in [1.165, 1.54) is 22.8 Å². The van der Waals surface area contributed by atoms with Gasteiger partial charge in [-0.25, -0.2) is 0 Å². The number of allylic oxidation sites excluding steroid dienone is 2. The maximum absolute atomic E-state index is 10.3. The molecule has 0 N–H and O–H groups in total. The lowest BCUT2D eigenvalue weighted by Crippen LogP contribution is -1.87. The molecule has 3 heteroatoms. The second-order valence-electron chi connectivity index (χ2n) is 5.84. The number of nitro groups is 1. The molecule has 27 heavy (non-hydrogen) atoms. The summed E-state index contributed by atoms with van der Waals surface area (Å²) in [5.74, 6) is 0. The zero-order chi connectivity index (χ0) is 19.5. The van der Waals surface area contributed by atoms with Crippen LogP contribution in [0.15, 0.2) is 91.0 Å². The van der Waals surface area contributed by atoms with Crippen molar-refractivity contribution in [2.24, 2.45) is 0 Å². The van der Waals surface area contributed by atoms with Gasteiger partial charge >= 0.3 is 0 Å². The highest BCUT2D eigenvalue weighted by molar-refractivity contribution is 5.65.